The standard InChI is InChI=1S/C10H14N4O4/c1-6-7(10(15)16)3-4-13(6)9-8(14(17)18)11-5-12(9)2/h5-7H,3-4H2,1-2H3,(H,15,16). The molecule has 1 aliphatic heterocycles. The lowest BCUT2D eigenvalue weighted by atomic mass is 10.0. The number of carboxylic acid groups (broad SMARTS) is 1. The molecule has 2 rings (SSSR count). The zero-order valence-electron chi connectivity index (χ0n) is 10.1. The predicted octanol–water partition coefficient (Wildman–Crippen LogP) is 0.628. The molecule has 1 aromatic rings. The minimum absolute atomic E-state index is 0.226. The van der Waals surface area contributed by atoms with E-state index in [9.17, 15) is 14.9 Å². The maximum Gasteiger partial charge on any atom is 0.406 e. The Labute approximate surface area is 103 Å². The highest BCUT2D eigenvalue weighted by atomic mass is 16.6. The molecule has 1 fully saturated rings. The summed E-state index contributed by atoms with van der Waals surface area (Å²) in [6.45, 7) is 2.25. The molecule has 1 aromatic heterocycles. The van der Waals surface area contributed by atoms with E-state index in [2.05, 4.69) is 4.98 Å². The van der Waals surface area contributed by atoms with Gasteiger partial charge in [-0.2, -0.15) is 0 Å². The van der Waals surface area contributed by atoms with Crippen molar-refractivity contribution in [1.29, 1.82) is 0 Å². The maximum absolute atomic E-state index is 11.0. The highest BCUT2D eigenvalue weighted by molar-refractivity contribution is 5.73. The largest absolute Gasteiger partial charge is 0.481 e. The number of aryl methyl sites for hydroxylation is 1. The van der Waals surface area contributed by atoms with Gasteiger partial charge in [-0.3, -0.25) is 9.36 Å². The summed E-state index contributed by atoms with van der Waals surface area (Å²) in [5, 5.41) is 20.0. The van der Waals surface area contributed by atoms with Gasteiger partial charge in [0, 0.05) is 19.6 Å². The SMILES string of the molecule is CC1C(C(=O)O)CCN1c1c([N+](=O)[O-])ncn1C. The monoisotopic (exact) mass is 254 g/mol. The van der Waals surface area contributed by atoms with Gasteiger partial charge in [0.25, 0.3) is 0 Å². The fourth-order valence-corrected chi connectivity index (χ4v) is 2.44. The Morgan fingerprint density at radius 2 is 2.33 bits per heavy atom. The molecule has 0 amide bonds. The highest BCUT2D eigenvalue weighted by Gasteiger charge is 2.40. The minimum atomic E-state index is -0.866. The van der Waals surface area contributed by atoms with Crippen LogP contribution in [0.4, 0.5) is 11.6 Å². The lowest BCUT2D eigenvalue weighted by molar-refractivity contribution is -0.388. The average molecular weight is 254 g/mol. The zero-order chi connectivity index (χ0) is 13.4. The van der Waals surface area contributed by atoms with Crippen molar-refractivity contribution < 1.29 is 14.8 Å². The van der Waals surface area contributed by atoms with Crippen molar-refractivity contribution in [2.75, 3.05) is 11.4 Å². The van der Waals surface area contributed by atoms with Crippen molar-refractivity contribution in [3.05, 3.63) is 16.4 Å². The fourth-order valence-electron chi connectivity index (χ4n) is 2.44. The van der Waals surface area contributed by atoms with Crippen LogP contribution < -0.4 is 4.90 Å². The smallest absolute Gasteiger partial charge is 0.406 e. The number of nitrogens with zero attached hydrogens (tertiary/aromatic N) is 4. The fraction of sp³-hybridized carbons (Fsp3) is 0.600. The van der Waals surface area contributed by atoms with Gasteiger partial charge in [-0.1, -0.05) is 0 Å². The average Bonchev–Trinajstić information content (AvgIpc) is 2.81. The molecule has 0 spiro atoms. The molecule has 8 nitrogen and oxygen atoms in total. The van der Waals surface area contributed by atoms with Gasteiger partial charge in [0.1, 0.15) is 0 Å². The Kier molecular flexibility index (Phi) is 2.93. The van der Waals surface area contributed by atoms with Crippen LogP contribution in [0.25, 0.3) is 0 Å². The summed E-state index contributed by atoms with van der Waals surface area (Å²) in [4.78, 5) is 26.9. The molecule has 2 unspecified atom stereocenters. The quantitative estimate of drug-likeness (QED) is 0.627. The van der Waals surface area contributed by atoms with Gasteiger partial charge in [-0.25, -0.2) is 0 Å². The van der Waals surface area contributed by atoms with Gasteiger partial charge in [0.15, 0.2) is 0 Å². The third kappa shape index (κ3) is 1.79. The first-order valence-corrected chi connectivity index (χ1v) is 5.58. The van der Waals surface area contributed by atoms with Crippen LogP contribution >= 0.6 is 0 Å². The predicted molar refractivity (Wildman–Crippen MR) is 62.4 cm³/mol. The van der Waals surface area contributed by atoms with E-state index in [1.54, 1.807) is 23.4 Å². The van der Waals surface area contributed by atoms with Gasteiger partial charge in [0.2, 0.25) is 12.1 Å². The van der Waals surface area contributed by atoms with Crippen LogP contribution in [0.3, 0.4) is 0 Å². The Hall–Kier alpha value is -2.12. The Balaban J connectivity index is 2.36. The molecule has 18 heavy (non-hydrogen) atoms. The second-order valence-electron chi connectivity index (χ2n) is 4.43. The van der Waals surface area contributed by atoms with Gasteiger partial charge >= 0.3 is 11.8 Å². The first-order valence-electron chi connectivity index (χ1n) is 5.58. The molecule has 0 saturated carbocycles. The van der Waals surface area contributed by atoms with Crippen molar-refractivity contribution in [3.63, 3.8) is 0 Å². The minimum Gasteiger partial charge on any atom is -0.481 e. The highest BCUT2D eigenvalue weighted by Crippen LogP contribution is 2.34. The summed E-state index contributed by atoms with van der Waals surface area (Å²) in [5.41, 5.74) is 0. The molecule has 98 valence electrons. The van der Waals surface area contributed by atoms with Crippen LogP contribution in [0.1, 0.15) is 13.3 Å². The Morgan fingerprint density at radius 3 is 2.83 bits per heavy atom. The Morgan fingerprint density at radius 1 is 1.67 bits per heavy atom. The van der Waals surface area contributed by atoms with Crippen LogP contribution in [0.2, 0.25) is 0 Å². The molecule has 1 N–H and O–H groups in total. The van der Waals surface area contributed by atoms with E-state index >= 15 is 0 Å². The molecular formula is C10H14N4O4. The molecule has 0 aromatic carbocycles. The number of aromatic nitrogens is 2. The molecule has 8 heteroatoms. The third-order valence-electron chi connectivity index (χ3n) is 3.40. The van der Waals surface area contributed by atoms with Crippen LogP contribution in [-0.4, -0.2) is 38.1 Å². The number of anilines is 1. The van der Waals surface area contributed by atoms with Gasteiger partial charge in [0.05, 0.1) is 5.92 Å². The van der Waals surface area contributed by atoms with Crippen LogP contribution in [0, 0.1) is 16.0 Å². The summed E-state index contributed by atoms with van der Waals surface area (Å²) in [6.07, 6.45) is 1.85. The van der Waals surface area contributed by atoms with E-state index in [1.165, 1.54) is 6.33 Å². The normalized spacial score (nSPS) is 23.3. The summed E-state index contributed by atoms with van der Waals surface area (Å²) in [5.74, 6) is -1.22. The maximum atomic E-state index is 11.0. The number of hydrogen-bond acceptors (Lipinski definition) is 5. The molecule has 2 atom stereocenters. The third-order valence-corrected chi connectivity index (χ3v) is 3.40. The molecule has 0 radical (unpaired) electrons. The van der Waals surface area contributed by atoms with E-state index in [-0.39, 0.29) is 11.9 Å². The van der Waals surface area contributed by atoms with Gasteiger partial charge in [-0.15, -0.1) is 0 Å². The van der Waals surface area contributed by atoms with E-state index in [0.29, 0.717) is 18.8 Å². The molecule has 2 heterocycles. The number of aliphatic carboxylic acids is 1. The first-order chi connectivity index (χ1) is 8.43. The Bertz CT molecular complexity index is 498. The number of carboxylic acids is 1. The summed E-state index contributed by atoms with van der Waals surface area (Å²) >= 11 is 0. The second kappa shape index (κ2) is 4.28. The van der Waals surface area contributed by atoms with Crippen molar-refractivity contribution in [3.8, 4) is 0 Å². The summed E-state index contributed by atoms with van der Waals surface area (Å²) in [7, 11) is 1.66. The number of hydrogen-bond donors (Lipinski definition) is 1. The van der Waals surface area contributed by atoms with E-state index < -0.39 is 16.8 Å². The van der Waals surface area contributed by atoms with Gasteiger partial charge in [-0.05, 0) is 23.3 Å². The zero-order valence-corrected chi connectivity index (χ0v) is 10.1. The van der Waals surface area contributed by atoms with Crippen LogP contribution in [-0.2, 0) is 11.8 Å². The number of carbonyl (C=O) groups is 1. The van der Waals surface area contributed by atoms with Crippen LogP contribution in [0.5, 0.6) is 0 Å². The van der Waals surface area contributed by atoms with E-state index in [1.807, 2.05) is 0 Å². The lowest BCUT2D eigenvalue weighted by Gasteiger charge is -2.24. The molecule has 1 saturated heterocycles. The molecule has 1 aliphatic rings. The van der Waals surface area contributed by atoms with Crippen molar-refractivity contribution in [1.82, 2.24) is 9.55 Å². The summed E-state index contributed by atoms with van der Waals surface area (Å²) in [6, 6.07) is -0.281. The van der Waals surface area contributed by atoms with E-state index in [0.717, 1.165) is 0 Å². The topological polar surface area (TPSA) is 102 Å². The van der Waals surface area contributed by atoms with Crippen molar-refractivity contribution >= 4 is 17.6 Å². The van der Waals surface area contributed by atoms with E-state index in [4.69, 9.17) is 5.11 Å². The van der Waals surface area contributed by atoms with Crippen molar-refractivity contribution in [2.24, 2.45) is 13.0 Å². The number of rotatable bonds is 3. The first kappa shape index (κ1) is 12.3. The summed E-state index contributed by atoms with van der Waals surface area (Å²) < 4.78 is 1.55. The van der Waals surface area contributed by atoms with Crippen molar-refractivity contribution in [2.45, 2.75) is 19.4 Å². The number of imidazole rings is 1. The molecular weight excluding hydrogens is 240 g/mol. The lowest BCUT2D eigenvalue weighted by Crippen LogP contribution is -2.34. The number of nitro groups is 1. The second-order valence-corrected chi connectivity index (χ2v) is 4.43. The molecule has 0 bridgehead atoms. The molecule has 0 aliphatic carbocycles. The van der Waals surface area contributed by atoms with Crippen LogP contribution in [0.15, 0.2) is 6.33 Å². The van der Waals surface area contributed by atoms with Gasteiger partial charge < -0.3 is 20.1 Å².